The van der Waals surface area contributed by atoms with Crippen molar-refractivity contribution >= 4 is 0 Å². The lowest BCUT2D eigenvalue weighted by Gasteiger charge is -2.09. The molecule has 0 saturated heterocycles. The van der Waals surface area contributed by atoms with Gasteiger partial charge in [-0.15, -0.1) is 0 Å². The van der Waals surface area contributed by atoms with E-state index in [-0.39, 0.29) is 5.83 Å². The standard InChI is InChI=1S/C28H37FO2/c1-24(2)17-18-25(15-9-19-30-22-26-11-5-3-6-12-26)21-28(29)16-10-20-31-23-27-13-7-4-8-14-27/h3-8,11-14,24H,9-10,15-20,22-23H2,1-2H3. The highest BCUT2D eigenvalue weighted by molar-refractivity contribution is 5.14. The molecule has 0 amide bonds. The number of ether oxygens (including phenoxy) is 2. The van der Waals surface area contributed by atoms with Gasteiger partial charge in [-0.25, -0.2) is 4.39 Å². The van der Waals surface area contributed by atoms with Crippen molar-refractivity contribution < 1.29 is 13.9 Å². The normalized spacial score (nSPS) is 10.8. The van der Waals surface area contributed by atoms with Crippen molar-refractivity contribution in [3.8, 4) is 0 Å². The van der Waals surface area contributed by atoms with Crippen molar-refractivity contribution in [2.75, 3.05) is 13.2 Å². The van der Waals surface area contributed by atoms with E-state index in [0.717, 1.165) is 36.8 Å². The van der Waals surface area contributed by atoms with Crippen LogP contribution in [0.5, 0.6) is 0 Å². The molecule has 0 fully saturated rings. The molecule has 0 radical (unpaired) electrons. The van der Waals surface area contributed by atoms with E-state index in [9.17, 15) is 4.39 Å². The molecule has 0 saturated carbocycles. The molecule has 0 N–H and O–H groups in total. The van der Waals surface area contributed by atoms with E-state index in [1.807, 2.05) is 48.5 Å². The van der Waals surface area contributed by atoms with E-state index in [1.165, 1.54) is 5.56 Å². The number of halogens is 1. The summed E-state index contributed by atoms with van der Waals surface area (Å²) in [5.74, 6) is 0.438. The molecule has 0 aliphatic rings. The minimum absolute atomic E-state index is 0.160. The molecule has 3 heteroatoms. The van der Waals surface area contributed by atoms with Crippen LogP contribution in [0.4, 0.5) is 4.39 Å². The van der Waals surface area contributed by atoms with Crippen LogP contribution >= 0.6 is 0 Å². The van der Waals surface area contributed by atoms with Gasteiger partial charge in [0.05, 0.1) is 13.2 Å². The first-order valence-corrected chi connectivity index (χ1v) is 11.5. The Kier molecular flexibility index (Phi) is 12.6. The Bertz CT molecular complexity index is 777. The highest BCUT2D eigenvalue weighted by Gasteiger charge is 2.03. The van der Waals surface area contributed by atoms with Gasteiger partial charge in [0, 0.05) is 19.6 Å². The Labute approximate surface area is 187 Å². The maximum atomic E-state index is 14.4. The van der Waals surface area contributed by atoms with E-state index in [4.69, 9.17) is 9.47 Å². The molecule has 2 aromatic carbocycles. The molecule has 0 spiro atoms. The van der Waals surface area contributed by atoms with Crippen LogP contribution in [0.25, 0.3) is 0 Å². The Morgan fingerprint density at radius 3 is 1.81 bits per heavy atom. The van der Waals surface area contributed by atoms with Crippen molar-refractivity contribution in [2.24, 2.45) is 5.92 Å². The summed E-state index contributed by atoms with van der Waals surface area (Å²) in [5.41, 5.74) is 6.44. The van der Waals surface area contributed by atoms with Gasteiger partial charge in [-0.05, 0) is 54.7 Å². The topological polar surface area (TPSA) is 18.5 Å². The maximum Gasteiger partial charge on any atom is 0.142 e. The number of benzene rings is 2. The molecule has 0 unspecified atom stereocenters. The van der Waals surface area contributed by atoms with Crippen LogP contribution in [0.15, 0.2) is 77.8 Å². The molecular formula is C28H37FO2. The molecule has 2 nitrogen and oxygen atoms in total. The molecule has 0 atom stereocenters. The molecule has 168 valence electrons. The predicted octanol–water partition coefficient (Wildman–Crippen LogP) is 7.80. The third-order valence-electron chi connectivity index (χ3n) is 5.01. The molecule has 2 rings (SSSR count). The van der Waals surface area contributed by atoms with Crippen LogP contribution in [-0.4, -0.2) is 13.2 Å². The van der Waals surface area contributed by atoms with Gasteiger partial charge in [-0.3, -0.25) is 0 Å². The van der Waals surface area contributed by atoms with Gasteiger partial charge >= 0.3 is 0 Å². The van der Waals surface area contributed by atoms with Crippen LogP contribution in [0.3, 0.4) is 0 Å². The lowest BCUT2D eigenvalue weighted by molar-refractivity contribution is 0.117. The fourth-order valence-electron chi connectivity index (χ4n) is 3.21. The van der Waals surface area contributed by atoms with Crippen molar-refractivity contribution in [1.82, 2.24) is 0 Å². The fourth-order valence-corrected chi connectivity index (χ4v) is 3.21. The minimum Gasteiger partial charge on any atom is -0.377 e. The highest BCUT2D eigenvalue weighted by atomic mass is 19.1. The Morgan fingerprint density at radius 2 is 1.29 bits per heavy atom. The summed E-state index contributed by atoms with van der Waals surface area (Å²) in [6.07, 6.45) is 4.73. The van der Waals surface area contributed by atoms with Crippen molar-refractivity contribution in [3.63, 3.8) is 0 Å². The Morgan fingerprint density at radius 1 is 0.774 bits per heavy atom. The van der Waals surface area contributed by atoms with Crippen LogP contribution in [0, 0.1) is 5.92 Å². The van der Waals surface area contributed by atoms with Crippen molar-refractivity contribution in [2.45, 2.75) is 65.6 Å². The fraction of sp³-hybridized carbons (Fsp3) is 0.464. The van der Waals surface area contributed by atoms with Gasteiger partial charge in [-0.1, -0.05) is 80.2 Å². The minimum atomic E-state index is -0.160. The van der Waals surface area contributed by atoms with Crippen molar-refractivity contribution in [1.29, 1.82) is 0 Å². The lowest BCUT2D eigenvalue weighted by Crippen LogP contribution is -1.97. The molecule has 0 heterocycles. The third-order valence-corrected chi connectivity index (χ3v) is 5.01. The Balaban J connectivity index is 1.72. The molecule has 0 bridgehead atoms. The molecular weight excluding hydrogens is 387 g/mol. The summed E-state index contributed by atoms with van der Waals surface area (Å²) < 4.78 is 25.8. The Hall–Kier alpha value is -2.19. The van der Waals surface area contributed by atoms with E-state index in [0.29, 0.717) is 45.2 Å². The van der Waals surface area contributed by atoms with Gasteiger partial charge < -0.3 is 9.47 Å². The van der Waals surface area contributed by atoms with Crippen LogP contribution in [-0.2, 0) is 22.7 Å². The average Bonchev–Trinajstić information content (AvgIpc) is 2.78. The molecule has 0 aliphatic heterocycles. The second kappa shape index (κ2) is 15.6. The second-order valence-electron chi connectivity index (χ2n) is 8.35. The number of hydrogen-bond donors (Lipinski definition) is 0. The zero-order valence-electron chi connectivity index (χ0n) is 19.1. The monoisotopic (exact) mass is 424 g/mol. The zero-order valence-corrected chi connectivity index (χ0v) is 19.1. The van der Waals surface area contributed by atoms with E-state index >= 15 is 0 Å². The largest absolute Gasteiger partial charge is 0.377 e. The molecule has 2 aromatic rings. The summed E-state index contributed by atoms with van der Waals surface area (Å²) in [6.45, 7) is 6.83. The summed E-state index contributed by atoms with van der Waals surface area (Å²) in [5, 5.41) is 0. The summed E-state index contributed by atoms with van der Waals surface area (Å²) in [4.78, 5) is 0. The average molecular weight is 425 g/mol. The first-order valence-electron chi connectivity index (χ1n) is 11.5. The van der Waals surface area contributed by atoms with Crippen LogP contribution in [0.2, 0.25) is 0 Å². The van der Waals surface area contributed by atoms with Crippen molar-refractivity contribution in [3.05, 3.63) is 88.9 Å². The van der Waals surface area contributed by atoms with E-state index in [1.54, 1.807) is 0 Å². The zero-order chi connectivity index (χ0) is 22.2. The quantitative estimate of drug-likeness (QED) is 0.214. The second-order valence-corrected chi connectivity index (χ2v) is 8.35. The van der Waals surface area contributed by atoms with Gasteiger partial charge in [-0.2, -0.15) is 0 Å². The van der Waals surface area contributed by atoms with E-state index in [2.05, 4.69) is 31.7 Å². The lowest BCUT2D eigenvalue weighted by atomic mass is 10.00. The molecule has 0 aliphatic carbocycles. The first kappa shape index (κ1) is 25.1. The van der Waals surface area contributed by atoms with E-state index < -0.39 is 0 Å². The highest BCUT2D eigenvalue weighted by Crippen LogP contribution is 2.18. The van der Waals surface area contributed by atoms with Gasteiger partial charge in [0.1, 0.15) is 5.83 Å². The first-order chi connectivity index (χ1) is 15.1. The molecule has 31 heavy (non-hydrogen) atoms. The van der Waals surface area contributed by atoms with Crippen LogP contribution < -0.4 is 0 Å². The number of hydrogen-bond acceptors (Lipinski definition) is 2. The van der Waals surface area contributed by atoms with Gasteiger partial charge in [0.2, 0.25) is 0 Å². The van der Waals surface area contributed by atoms with Crippen LogP contribution in [0.1, 0.15) is 63.5 Å². The maximum absolute atomic E-state index is 14.4. The third kappa shape index (κ3) is 12.3. The number of rotatable bonds is 15. The van der Waals surface area contributed by atoms with Gasteiger partial charge in [0.25, 0.3) is 0 Å². The van der Waals surface area contributed by atoms with Gasteiger partial charge in [0.15, 0.2) is 0 Å². The predicted molar refractivity (Wildman–Crippen MR) is 126 cm³/mol. The number of allylic oxidation sites excluding steroid dienone is 1. The summed E-state index contributed by atoms with van der Waals surface area (Å²) in [7, 11) is 0. The summed E-state index contributed by atoms with van der Waals surface area (Å²) >= 11 is 0. The SMILES string of the molecule is CC(C)CCC(=C=C(F)CCCOCc1ccccc1)CCCOCc1ccccc1. The molecule has 0 aromatic heterocycles. The summed E-state index contributed by atoms with van der Waals surface area (Å²) in [6, 6.07) is 20.2. The smallest absolute Gasteiger partial charge is 0.142 e.